The molecule has 2 N–H and O–H groups in total. The number of para-hydroxylation sites is 1. The summed E-state index contributed by atoms with van der Waals surface area (Å²) in [5, 5.41) is 12.9. The second kappa shape index (κ2) is 6.78. The highest BCUT2D eigenvalue weighted by Crippen LogP contribution is 2.25. The van der Waals surface area contributed by atoms with Gasteiger partial charge in [-0.3, -0.25) is 9.59 Å². The summed E-state index contributed by atoms with van der Waals surface area (Å²) in [5.74, 6) is -1.97. The molecule has 0 saturated heterocycles. The fourth-order valence-corrected chi connectivity index (χ4v) is 3.13. The molecule has 1 heterocycles. The molecule has 6 nitrogen and oxygen atoms in total. The molecule has 1 amide bonds. The Bertz CT molecular complexity index is 802. The van der Waals surface area contributed by atoms with Gasteiger partial charge < -0.3 is 10.4 Å². The maximum Gasteiger partial charge on any atom is 0.326 e. The molecule has 1 aromatic heterocycles. The molecule has 6 heteroatoms. The average molecular weight is 326 g/mol. The number of aliphatic carboxylic acids is 1. The van der Waals surface area contributed by atoms with E-state index in [0.717, 1.165) is 5.39 Å². The van der Waals surface area contributed by atoms with Crippen LogP contribution in [0.4, 0.5) is 0 Å². The summed E-state index contributed by atoms with van der Waals surface area (Å²) in [7, 11) is 0. The van der Waals surface area contributed by atoms with Crippen LogP contribution in [-0.2, 0) is 9.59 Å². The molecule has 0 spiro atoms. The largest absolute Gasteiger partial charge is 0.480 e. The Hall–Kier alpha value is -2.76. The number of hydrogen-bond acceptors (Lipinski definition) is 4. The predicted molar refractivity (Wildman–Crippen MR) is 87.6 cm³/mol. The van der Waals surface area contributed by atoms with Crippen LogP contribution in [0.2, 0.25) is 0 Å². The van der Waals surface area contributed by atoms with Crippen LogP contribution in [-0.4, -0.2) is 33.8 Å². The lowest BCUT2D eigenvalue weighted by Crippen LogP contribution is -2.47. The lowest BCUT2D eigenvalue weighted by molar-refractivity contribution is -0.141. The Balaban J connectivity index is 1.79. The highest BCUT2D eigenvalue weighted by Gasteiger charge is 2.33. The van der Waals surface area contributed by atoms with Crippen LogP contribution in [0, 0.1) is 5.92 Å². The van der Waals surface area contributed by atoms with Gasteiger partial charge in [0.15, 0.2) is 0 Å². The predicted octanol–water partition coefficient (Wildman–Crippen LogP) is 2.18. The maximum absolute atomic E-state index is 12.4. The van der Waals surface area contributed by atoms with Gasteiger partial charge in [0, 0.05) is 18.2 Å². The number of carboxylic acids is 1. The Morgan fingerprint density at radius 2 is 2.00 bits per heavy atom. The van der Waals surface area contributed by atoms with Gasteiger partial charge in [-0.15, -0.1) is 0 Å². The van der Waals surface area contributed by atoms with Crippen molar-refractivity contribution in [1.29, 1.82) is 0 Å². The SMILES string of the molecule is O=C1CCC[C@@H]([C@@H](NC(=O)c2ccc3ccccc3n2)C(=O)O)C1. The zero-order valence-electron chi connectivity index (χ0n) is 13.1. The third-order valence-electron chi connectivity index (χ3n) is 4.38. The summed E-state index contributed by atoms with van der Waals surface area (Å²) in [5.41, 5.74) is 0.840. The number of benzene rings is 1. The normalized spacial score (nSPS) is 19.0. The summed E-state index contributed by atoms with van der Waals surface area (Å²) >= 11 is 0. The first-order chi connectivity index (χ1) is 11.5. The van der Waals surface area contributed by atoms with Gasteiger partial charge in [-0.25, -0.2) is 9.78 Å². The number of fused-ring (bicyclic) bond motifs is 1. The van der Waals surface area contributed by atoms with Crippen LogP contribution in [0.25, 0.3) is 10.9 Å². The van der Waals surface area contributed by atoms with Gasteiger partial charge in [-0.2, -0.15) is 0 Å². The lowest BCUT2D eigenvalue weighted by Gasteiger charge is -2.27. The number of nitrogens with zero attached hydrogens (tertiary/aromatic N) is 1. The van der Waals surface area contributed by atoms with Gasteiger partial charge in [0.25, 0.3) is 5.91 Å². The van der Waals surface area contributed by atoms with Gasteiger partial charge in [-0.1, -0.05) is 24.3 Å². The molecule has 1 aliphatic rings. The highest BCUT2D eigenvalue weighted by atomic mass is 16.4. The van der Waals surface area contributed by atoms with E-state index in [1.807, 2.05) is 18.2 Å². The molecule has 1 saturated carbocycles. The van der Waals surface area contributed by atoms with Crippen molar-refractivity contribution >= 4 is 28.6 Å². The molecular formula is C18H18N2O4. The topological polar surface area (TPSA) is 96.4 Å². The highest BCUT2D eigenvalue weighted by molar-refractivity contribution is 5.97. The van der Waals surface area contributed by atoms with Crippen LogP contribution < -0.4 is 5.32 Å². The third-order valence-corrected chi connectivity index (χ3v) is 4.38. The summed E-state index contributed by atoms with van der Waals surface area (Å²) in [6.45, 7) is 0. The minimum atomic E-state index is -1.12. The van der Waals surface area contributed by atoms with Gasteiger partial charge in [0.05, 0.1) is 5.52 Å². The summed E-state index contributed by atoms with van der Waals surface area (Å²) in [4.78, 5) is 39.8. The number of ketones is 1. The van der Waals surface area contributed by atoms with Crippen molar-refractivity contribution in [3.05, 3.63) is 42.1 Å². The van der Waals surface area contributed by atoms with E-state index in [-0.39, 0.29) is 23.8 Å². The van der Waals surface area contributed by atoms with E-state index < -0.39 is 17.9 Å². The first-order valence-electron chi connectivity index (χ1n) is 7.96. The molecule has 0 bridgehead atoms. The number of carboxylic acid groups (broad SMARTS) is 1. The van der Waals surface area contributed by atoms with Crippen molar-refractivity contribution in [1.82, 2.24) is 10.3 Å². The molecule has 1 aliphatic carbocycles. The second-order valence-electron chi connectivity index (χ2n) is 6.07. The van der Waals surface area contributed by atoms with Gasteiger partial charge >= 0.3 is 5.97 Å². The molecule has 2 atom stereocenters. The van der Waals surface area contributed by atoms with Crippen molar-refractivity contribution in [2.75, 3.05) is 0 Å². The number of nitrogens with one attached hydrogen (secondary N) is 1. The fourth-order valence-electron chi connectivity index (χ4n) is 3.13. The summed E-state index contributed by atoms with van der Waals surface area (Å²) in [6.07, 6.45) is 1.97. The van der Waals surface area contributed by atoms with Crippen LogP contribution in [0.15, 0.2) is 36.4 Å². The Labute approximate surface area is 138 Å². The fraction of sp³-hybridized carbons (Fsp3) is 0.333. The molecule has 0 aliphatic heterocycles. The van der Waals surface area contributed by atoms with E-state index in [0.29, 0.717) is 24.8 Å². The quantitative estimate of drug-likeness (QED) is 0.897. The molecule has 3 rings (SSSR count). The number of hydrogen-bond donors (Lipinski definition) is 2. The smallest absolute Gasteiger partial charge is 0.326 e. The Morgan fingerprint density at radius 3 is 2.75 bits per heavy atom. The molecule has 1 fully saturated rings. The molecule has 124 valence electrons. The van der Waals surface area contributed by atoms with E-state index in [4.69, 9.17) is 0 Å². The number of Topliss-reactive ketones (excluding diaryl/α,β-unsaturated/α-hetero) is 1. The summed E-state index contributed by atoms with van der Waals surface area (Å²) < 4.78 is 0. The Morgan fingerprint density at radius 1 is 1.21 bits per heavy atom. The van der Waals surface area contributed by atoms with E-state index >= 15 is 0 Å². The molecule has 0 radical (unpaired) electrons. The van der Waals surface area contributed by atoms with E-state index in [2.05, 4.69) is 10.3 Å². The standard InChI is InChI=1S/C18H18N2O4/c21-13-6-3-5-12(10-13)16(18(23)24)20-17(22)15-9-8-11-4-1-2-7-14(11)19-15/h1-2,4,7-9,12,16H,3,5-6,10H2,(H,20,22)(H,23,24)/t12-,16-/m1/s1. The van der Waals surface area contributed by atoms with Crippen LogP contribution in [0.3, 0.4) is 0 Å². The van der Waals surface area contributed by atoms with E-state index in [1.165, 1.54) is 0 Å². The zero-order valence-corrected chi connectivity index (χ0v) is 13.1. The van der Waals surface area contributed by atoms with Gasteiger partial charge in [0.1, 0.15) is 17.5 Å². The van der Waals surface area contributed by atoms with Crippen molar-refractivity contribution in [3.63, 3.8) is 0 Å². The first-order valence-corrected chi connectivity index (χ1v) is 7.96. The van der Waals surface area contributed by atoms with Crippen molar-refractivity contribution in [2.24, 2.45) is 5.92 Å². The van der Waals surface area contributed by atoms with E-state index in [9.17, 15) is 19.5 Å². The number of carbonyl (C=O) groups excluding carboxylic acids is 2. The van der Waals surface area contributed by atoms with Crippen molar-refractivity contribution in [2.45, 2.75) is 31.7 Å². The second-order valence-corrected chi connectivity index (χ2v) is 6.07. The van der Waals surface area contributed by atoms with Gasteiger partial charge in [-0.05, 0) is 30.9 Å². The molecule has 1 aromatic carbocycles. The van der Waals surface area contributed by atoms with Crippen LogP contribution >= 0.6 is 0 Å². The number of amides is 1. The Kier molecular flexibility index (Phi) is 4.55. The van der Waals surface area contributed by atoms with Crippen molar-refractivity contribution in [3.8, 4) is 0 Å². The first kappa shape index (κ1) is 16.1. The van der Waals surface area contributed by atoms with Crippen molar-refractivity contribution < 1.29 is 19.5 Å². The minimum Gasteiger partial charge on any atom is -0.480 e. The monoisotopic (exact) mass is 326 g/mol. The zero-order chi connectivity index (χ0) is 17.1. The number of pyridine rings is 1. The average Bonchev–Trinajstić information content (AvgIpc) is 2.58. The van der Waals surface area contributed by atoms with Crippen LogP contribution in [0.5, 0.6) is 0 Å². The maximum atomic E-state index is 12.4. The number of carbonyl (C=O) groups is 3. The van der Waals surface area contributed by atoms with E-state index in [1.54, 1.807) is 18.2 Å². The third kappa shape index (κ3) is 3.42. The van der Waals surface area contributed by atoms with Gasteiger partial charge in [0.2, 0.25) is 0 Å². The van der Waals surface area contributed by atoms with Crippen LogP contribution in [0.1, 0.15) is 36.2 Å². The molecule has 0 unspecified atom stereocenters. The summed E-state index contributed by atoms with van der Waals surface area (Å²) in [6, 6.07) is 9.66. The molecule has 2 aromatic rings. The lowest BCUT2D eigenvalue weighted by atomic mass is 9.83. The number of rotatable bonds is 4. The minimum absolute atomic E-state index is 0.0515. The molecule has 24 heavy (non-hydrogen) atoms. The number of aromatic nitrogens is 1. The molecular weight excluding hydrogens is 308 g/mol.